The van der Waals surface area contributed by atoms with Crippen molar-refractivity contribution in [1.29, 1.82) is 0 Å². The first-order valence-electron chi connectivity index (χ1n) is 9.30. The molecular weight excluding hydrogens is 414 g/mol. The zero-order valence-corrected chi connectivity index (χ0v) is 17.9. The van der Waals surface area contributed by atoms with Gasteiger partial charge >= 0.3 is 29.0 Å². The van der Waals surface area contributed by atoms with Crippen LogP contribution in [-0.2, 0) is 32.2 Å². The van der Waals surface area contributed by atoms with Gasteiger partial charge in [-0.25, -0.2) is 33.1 Å². The third kappa shape index (κ3) is 10.4. The van der Waals surface area contributed by atoms with Gasteiger partial charge < -0.3 is 19.7 Å². The topological polar surface area (TPSA) is 170 Å². The lowest BCUT2D eigenvalue weighted by Crippen LogP contribution is -2.50. The zero-order chi connectivity index (χ0) is 24.1. The highest BCUT2D eigenvalue weighted by atomic mass is 16.5. The Kier molecular flexibility index (Phi) is 12.4. The molecule has 3 N–H and O–H groups in total. The van der Waals surface area contributed by atoms with Gasteiger partial charge in [-0.1, -0.05) is 13.2 Å². The van der Waals surface area contributed by atoms with Crippen molar-refractivity contribution in [3.8, 4) is 0 Å². The molecule has 0 aromatic carbocycles. The molecule has 0 saturated heterocycles. The molecule has 0 amide bonds. The molecule has 31 heavy (non-hydrogen) atoms. The van der Waals surface area contributed by atoms with Crippen molar-refractivity contribution in [3.63, 3.8) is 0 Å². The molecule has 0 radical (unpaired) electrons. The van der Waals surface area contributed by atoms with Crippen LogP contribution < -0.4 is 17.1 Å². The number of carbonyl (C=O) groups is 2. The Morgan fingerprint density at radius 1 is 0.968 bits per heavy atom. The summed E-state index contributed by atoms with van der Waals surface area (Å²) in [6.45, 7) is 10.4. The molecule has 1 heterocycles. The lowest BCUT2D eigenvalue weighted by Gasteiger charge is -2.10. The first-order valence-corrected chi connectivity index (χ1v) is 9.30. The summed E-state index contributed by atoms with van der Waals surface area (Å²) in [4.78, 5) is 60.2. The number of nitrogens with one attached hydrogen (secondary N) is 1. The average molecular weight is 443 g/mol. The number of esters is 2. The molecule has 12 nitrogen and oxygen atoms in total. The summed E-state index contributed by atoms with van der Waals surface area (Å²) >= 11 is 0. The second-order valence-electron chi connectivity index (χ2n) is 6.51. The Hall–Kier alpha value is -3.25. The van der Waals surface area contributed by atoms with Gasteiger partial charge in [-0.05, 0) is 27.2 Å². The fraction of sp³-hybridized carbons (Fsp3) is 0.526. The van der Waals surface area contributed by atoms with Crippen LogP contribution in [-0.4, -0.2) is 62.2 Å². The van der Waals surface area contributed by atoms with Crippen LogP contribution >= 0.6 is 0 Å². The minimum absolute atomic E-state index is 0.0810. The fourth-order valence-electron chi connectivity index (χ4n) is 1.83. The summed E-state index contributed by atoms with van der Waals surface area (Å²) in [5, 5.41) is 16.5. The van der Waals surface area contributed by atoms with Gasteiger partial charge in [0.15, 0.2) is 0 Å². The molecule has 0 fully saturated rings. The van der Waals surface area contributed by atoms with Crippen molar-refractivity contribution in [2.75, 3.05) is 19.8 Å². The van der Waals surface area contributed by atoms with E-state index in [0.29, 0.717) is 15.6 Å². The van der Waals surface area contributed by atoms with Crippen LogP contribution in [0.5, 0.6) is 0 Å². The molecule has 1 atom stereocenters. The number of nitrogens with zero attached hydrogens (tertiary/aromatic N) is 2. The molecule has 0 saturated carbocycles. The maximum Gasteiger partial charge on any atom is 0.336 e. The Morgan fingerprint density at radius 3 is 1.61 bits per heavy atom. The van der Waals surface area contributed by atoms with E-state index in [1.54, 1.807) is 6.92 Å². The van der Waals surface area contributed by atoms with Gasteiger partial charge in [0.25, 0.3) is 0 Å². The second kappa shape index (κ2) is 13.9. The molecule has 1 aromatic heterocycles. The van der Waals surface area contributed by atoms with E-state index in [2.05, 4.69) is 13.2 Å². The lowest BCUT2D eigenvalue weighted by molar-refractivity contribution is -0.140. The molecule has 12 heteroatoms. The van der Waals surface area contributed by atoms with Crippen LogP contribution in [0.1, 0.15) is 27.2 Å². The summed E-state index contributed by atoms with van der Waals surface area (Å²) in [5.41, 5.74) is -2.43. The standard InChI is InChI=1S/C15H19N3O7.C4H10O2/c1-9(2)11(19)24-7-5-17-13(21)16-14(22)18(15(17)23)6-8-25-12(20)10(3)4;1-4(6)2-3-5/h1,3,5-8H2,2,4H3,(H,16,21,22);4-6H,2-3H2,1H3. The Bertz CT molecular complexity index is 886. The fourth-order valence-corrected chi connectivity index (χ4v) is 1.83. The van der Waals surface area contributed by atoms with E-state index in [0.717, 1.165) is 0 Å². The molecule has 1 rings (SSSR count). The Labute approximate surface area is 178 Å². The highest BCUT2D eigenvalue weighted by molar-refractivity contribution is 5.87. The summed E-state index contributed by atoms with van der Waals surface area (Å²) in [7, 11) is 0. The second-order valence-corrected chi connectivity index (χ2v) is 6.51. The maximum absolute atomic E-state index is 12.2. The van der Waals surface area contributed by atoms with E-state index in [4.69, 9.17) is 19.7 Å². The molecule has 174 valence electrons. The zero-order valence-electron chi connectivity index (χ0n) is 17.9. The number of aromatic nitrogens is 3. The van der Waals surface area contributed by atoms with Crippen LogP contribution in [0.4, 0.5) is 0 Å². The van der Waals surface area contributed by atoms with Gasteiger partial charge in [-0.2, -0.15) is 0 Å². The largest absolute Gasteiger partial charge is 0.460 e. The number of ether oxygens (including phenoxy) is 2. The van der Waals surface area contributed by atoms with Crippen molar-refractivity contribution in [2.24, 2.45) is 0 Å². The summed E-state index contributed by atoms with van der Waals surface area (Å²) < 4.78 is 11.0. The van der Waals surface area contributed by atoms with Crippen molar-refractivity contribution in [1.82, 2.24) is 14.1 Å². The van der Waals surface area contributed by atoms with Crippen LogP contribution in [0.15, 0.2) is 38.7 Å². The molecule has 0 bridgehead atoms. The minimum atomic E-state index is -0.934. The SMILES string of the molecule is C=C(C)C(=O)OCCn1c(=O)[nH]c(=O)n(CCOC(=O)C(=C)C)c1=O.CC(O)CCO. The number of hydrogen-bond acceptors (Lipinski definition) is 9. The van der Waals surface area contributed by atoms with Gasteiger partial charge in [-0.3, -0.25) is 4.98 Å². The van der Waals surface area contributed by atoms with E-state index in [-0.39, 0.29) is 50.2 Å². The van der Waals surface area contributed by atoms with Gasteiger partial charge in [-0.15, -0.1) is 0 Å². The molecule has 1 unspecified atom stereocenters. The van der Waals surface area contributed by atoms with E-state index in [1.165, 1.54) is 13.8 Å². The number of aliphatic hydroxyl groups is 2. The number of carbonyl (C=O) groups excluding carboxylic acids is 2. The Balaban J connectivity index is 0.00000131. The van der Waals surface area contributed by atoms with E-state index < -0.39 is 29.0 Å². The number of aliphatic hydroxyl groups excluding tert-OH is 2. The van der Waals surface area contributed by atoms with Crippen LogP contribution in [0.25, 0.3) is 0 Å². The molecule has 0 spiro atoms. The monoisotopic (exact) mass is 443 g/mol. The first kappa shape index (κ1) is 27.8. The van der Waals surface area contributed by atoms with Crippen LogP contribution in [0.3, 0.4) is 0 Å². The van der Waals surface area contributed by atoms with Crippen LogP contribution in [0, 0.1) is 0 Å². The summed E-state index contributed by atoms with van der Waals surface area (Å²) in [5.74, 6) is -1.32. The average Bonchev–Trinajstić information content (AvgIpc) is 2.66. The predicted octanol–water partition coefficient (Wildman–Crippen LogP) is -1.31. The quantitative estimate of drug-likeness (QED) is 0.293. The highest BCUT2D eigenvalue weighted by Gasteiger charge is 2.12. The smallest absolute Gasteiger partial charge is 0.336 e. The third-order valence-corrected chi connectivity index (χ3v) is 3.51. The number of hydrogen-bond donors (Lipinski definition) is 3. The third-order valence-electron chi connectivity index (χ3n) is 3.51. The number of H-pyrrole nitrogens is 1. The maximum atomic E-state index is 12.2. The Morgan fingerprint density at radius 2 is 1.35 bits per heavy atom. The highest BCUT2D eigenvalue weighted by Crippen LogP contribution is 1.92. The molecule has 0 aliphatic rings. The van der Waals surface area contributed by atoms with Gasteiger partial charge in [0, 0.05) is 17.8 Å². The first-order chi connectivity index (χ1) is 14.4. The van der Waals surface area contributed by atoms with Crippen molar-refractivity contribution < 1.29 is 29.3 Å². The predicted molar refractivity (Wildman–Crippen MR) is 111 cm³/mol. The molecule has 1 aromatic rings. The number of rotatable bonds is 10. The summed E-state index contributed by atoms with van der Waals surface area (Å²) in [6, 6.07) is 0. The molecule has 0 aliphatic carbocycles. The molecular formula is C19H29N3O9. The van der Waals surface area contributed by atoms with Crippen LogP contribution in [0.2, 0.25) is 0 Å². The summed E-state index contributed by atoms with van der Waals surface area (Å²) in [6.07, 6.45) is 0.134. The van der Waals surface area contributed by atoms with Crippen molar-refractivity contribution in [2.45, 2.75) is 46.4 Å². The minimum Gasteiger partial charge on any atom is -0.460 e. The van der Waals surface area contributed by atoms with E-state index in [1.807, 2.05) is 4.98 Å². The van der Waals surface area contributed by atoms with Gasteiger partial charge in [0.05, 0.1) is 19.2 Å². The van der Waals surface area contributed by atoms with Crippen molar-refractivity contribution in [3.05, 3.63) is 55.8 Å². The van der Waals surface area contributed by atoms with Gasteiger partial charge in [0.1, 0.15) is 13.2 Å². The van der Waals surface area contributed by atoms with E-state index >= 15 is 0 Å². The van der Waals surface area contributed by atoms with E-state index in [9.17, 15) is 24.0 Å². The normalized spacial score (nSPS) is 11.0. The van der Waals surface area contributed by atoms with Crippen molar-refractivity contribution >= 4 is 11.9 Å². The number of aromatic amines is 1. The molecule has 0 aliphatic heterocycles. The van der Waals surface area contributed by atoms with Gasteiger partial charge in [0.2, 0.25) is 0 Å². The lowest BCUT2D eigenvalue weighted by atomic mass is 10.3.